The fourth-order valence-electron chi connectivity index (χ4n) is 2.65. The van der Waals surface area contributed by atoms with Crippen LogP contribution in [0.3, 0.4) is 0 Å². The molecular formula is C16H10Y. The van der Waals surface area contributed by atoms with Gasteiger partial charge in [-0.3, -0.25) is 0 Å². The van der Waals surface area contributed by atoms with Gasteiger partial charge in [0.1, 0.15) is 0 Å². The van der Waals surface area contributed by atoms with Crippen LogP contribution in [0.2, 0.25) is 0 Å². The molecule has 0 bridgehead atoms. The van der Waals surface area contributed by atoms with Gasteiger partial charge in [-0.15, -0.1) is 0 Å². The molecular weight excluding hydrogens is 281 g/mol. The van der Waals surface area contributed by atoms with Gasteiger partial charge in [0, 0.05) is 0 Å². The van der Waals surface area contributed by atoms with Crippen molar-refractivity contribution in [2.75, 3.05) is 0 Å². The van der Waals surface area contributed by atoms with Crippen molar-refractivity contribution >= 4 is 15.5 Å². The second-order valence-electron chi connectivity index (χ2n) is 4.52. The van der Waals surface area contributed by atoms with E-state index in [9.17, 15) is 0 Å². The Morgan fingerprint density at radius 1 is 0.588 bits per heavy atom. The first-order valence-electron chi connectivity index (χ1n) is 5.89. The van der Waals surface area contributed by atoms with Gasteiger partial charge >= 0.3 is 117 Å². The van der Waals surface area contributed by atoms with Gasteiger partial charge in [0.2, 0.25) is 0 Å². The molecule has 0 aromatic heterocycles. The zero-order valence-corrected chi connectivity index (χ0v) is 12.2. The summed E-state index contributed by atoms with van der Waals surface area (Å²) >= 11 is -0.737. The normalized spacial score (nSPS) is 11.5. The minimum absolute atomic E-state index is 0.737. The zero-order valence-electron chi connectivity index (χ0n) is 9.35. The molecule has 1 aliphatic rings. The van der Waals surface area contributed by atoms with Gasteiger partial charge in [-0.2, -0.15) is 0 Å². The summed E-state index contributed by atoms with van der Waals surface area (Å²) in [6.45, 7) is 0. The van der Waals surface area contributed by atoms with Gasteiger partial charge in [0.25, 0.3) is 0 Å². The first kappa shape index (κ1) is 9.99. The average molecular weight is 291 g/mol. The molecule has 0 atom stereocenters. The van der Waals surface area contributed by atoms with Gasteiger partial charge in [0.05, 0.1) is 0 Å². The van der Waals surface area contributed by atoms with Crippen molar-refractivity contribution in [3.63, 3.8) is 0 Å². The van der Waals surface area contributed by atoms with Crippen LogP contribution in [0.1, 0.15) is 0 Å². The number of hydrogen-bond donors (Lipinski definition) is 0. The summed E-state index contributed by atoms with van der Waals surface area (Å²) < 4.78 is 3.30. The third kappa shape index (κ3) is 1.51. The number of hydrogen-bond acceptors (Lipinski definition) is 0. The number of benzene rings is 3. The minimum atomic E-state index is -0.737. The summed E-state index contributed by atoms with van der Waals surface area (Å²) in [5.74, 6) is 0. The van der Waals surface area contributed by atoms with Crippen LogP contribution in [-0.4, -0.2) is 0 Å². The van der Waals surface area contributed by atoms with E-state index in [0.717, 1.165) is 0 Å². The predicted molar refractivity (Wildman–Crippen MR) is 68.7 cm³/mol. The summed E-state index contributed by atoms with van der Waals surface area (Å²) in [7, 11) is 0. The molecule has 0 fully saturated rings. The summed E-state index contributed by atoms with van der Waals surface area (Å²) in [5.41, 5.74) is 3.00. The Bertz CT molecular complexity index is 728. The van der Waals surface area contributed by atoms with Crippen LogP contribution in [-0.2, 0) is 29.2 Å². The van der Waals surface area contributed by atoms with Gasteiger partial charge in [-0.25, -0.2) is 0 Å². The summed E-state index contributed by atoms with van der Waals surface area (Å²) in [4.78, 5) is 0. The molecule has 1 aliphatic heterocycles. The summed E-state index contributed by atoms with van der Waals surface area (Å²) in [6.07, 6.45) is 0. The van der Waals surface area contributed by atoms with Crippen LogP contribution in [0.4, 0.5) is 0 Å². The van der Waals surface area contributed by atoms with Gasteiger partial charge < -0.3 is 0 Å². The Balaban J connectivity index is 2.07. The van der Waals surface area contributed by atoms with Crippen LogP contribution in [0.15, 0.2) is 60.7 Å². The van der Waals surface area contributed by atoms with Crippen LogP contribution >= 0.6 is 0 Å². The van der Waals surface area contributed by atoms with Crippen LogP contribution in [0.5, 0.6) is 0 Å². The van der Waals surface area contributed by atoms with E-state index >= 15 is 0 Å². The molecule has 1 heteroatoms. The molecule has 0 spiro atoms. The average Bonchev–Trinajstić information content (AvgIpc) is 2.73. The third-order valence-electron chi connectivity index (χ3n) is 3.48. The Morgan fingerprint density at radius 2 is 1.29 bits per heavy atom. The van der Waals surface area contributed by atoms with Crippen LogP contribution < -0.4 is 4.75 Å². The molecule has 0 radical (unpaired) electrons. The van der Waals surface area contributed by atoms with E-state index in [1.165, 1.54) is 21.9 Å². The van der Waals surface area contributed by atoms with Crippen LogP contribution in [0, 0.1) is 0 Å². The van der Waals surface area contributed by atoms with E-state index in [0.29, 0.717) is 0 Å². The molecule has 3 aromatic rings. The molecule has 77 valence electrons. The van der Waals surface area contributed by atoms with E-state index in [1.807, 2.05) is 0 Å². The van der Waals surface area contributed by atoms with E-state index < -0.39 is 29.2 Å². The molecule has 0 saturated carbocycles. The van der Waals surface area contributed by atoms with Crippen molar-refractivity contribution < 1.29 is 29.2 Å². The molecule has 1 heterocycles. The Morgan fingerprint density at radius 3 is 2.18 bits per heavy atom. The molecule has 0 aliphatic carbocycles. The van der Waals surface area contributed by atoms with Crippen molar-refractivity contribution in [1.82, 2.24) is 0 Å². The molecule has 0 unspecified atom stereocenters. The second-order valence-corrected chi connectivity index (χ2v) is 8.29. The zero-order chi connectivity index (χ0) is 11.2. The monoisotopic (exact) mass is 291 g/mol. The summed E-state index contributed by atoms with van der Waals surface area (Å²) in [6, 6.07) is 22.4. The Labute approximate surface area is 116 Å². The standard InChI is InChI=1S/C16H10.Y/c1-2-6-13(7-3-1)16-11-10-14-8-4-5-9-15(14)12-16;/h1-6,8-10,12H;. The summed E-state index contributed by atoms with van der Waals surface area (Å²) in [5, 5.41) is 2.76. The molecule has 0 amide bonds. The van der Waals surface area contributed by atoms with E-state index in [4.69, 9.17) is 0 Å². The first-order chi connectivity index (χ1) is 8.42. The molecule has 4 rings (SSSR count). The number of fused-ring (bicyclic) bond motifs is 4. The topological polar surface area (TPSA) is 0 Å². The Kier molecular flexibility index (Phi) is 2.21. The van der Waals surface area contributed by atoms with Crippen molar-refractivity contribution in [3.8, 4) is 11.1 Å². The van der Waals surface area contributed by atoms with E-state index in [1.54, 1.807) is 4.75 Å². The SMILES string of the molecule is c1ccc2[c](c1)[Y][c]1cc3ccccc3cc1-2. The molecule has 3 aromatic carbocycles. The van der Waals surface area contributed by atoms with Crippen LogP contribution in [0.25, 0.3) is 21.9 Å². The second kappa shape index (κ2) is 3.76. The maximum atomic E-state index is 2.42. The molecule has 0 nitrogen and oxygen atoms in total. The van der Waals surface area contributed by atoms with Crippen molar-refractivity contribution in [2.45, 2.75) is 0 Å². The van der Waals surface area contributed by atoms with Crippen molar-refractivity contribution in [3.05, 3.63) is 60.7 Å². The third-order valence-corrected chi connectivity index (χ3v) is 7.42. The fraction of sp³-hybridized carbons (Fsp3) is 0. The maximum absolute atomic E-state index is 2.42. The quantitative estimate of drug-likeness (QED) is 0.467. The Hall–Kier alpha value is -0.976. The van der Waals surface area contributed by atoms with E-state index in [2.05, 4.69) is 60.7 Å². The molecule has 0 saturated heterocycles. The number of rotatable bonds is 0. The molecule has 17 heavy (non-hydrogen) atoms. The van der Waals surface area contributed by atoms with Gasteiger partial charge in [-0.05, 0) is 0 Å². The first-order valence-corrected chi connectivity index (χ1v) is 8.73. The fourth-order valence-corrected chi connectivity index (χ4v) is 6.60. The van der Waals surface area contributed by atoms with Crippen molar-refractivity contribution in [2.24, 2.45) is 0 Å². The van der Waals surface area contributed by atoms with Gasteiger partial charge in [0.15, 0.2) is 0 Å². The van der Waals surface area contributed by atoms with Gasteiger partial charge in [-0.1, -0.05) is 0 Å². The molecule has 0 N–H and O–H groups in total. The van der Waals surface area contributed by atoms with Crippen molar-refractivity contribution in [1.29, 1.82) is 0 Å². The van der Waals surface area contributed by atoms with E-state index in [-0.39, 0.29) is 0 Å². The predicted octanol–water partition coefficient (Wildman–Crippen LogP) is 2.85.